The van der Waals surface area contributed by atoms with Crippen molar-refractivity contribution in [2.24, 2.45) is 0 Å². The summed E-state index contributed by atoms with van der Waals surface area (Å²) in [5.41, 5.74) is 0.584. The van der Waals surface area contributed by atoms with E-state index in [0.29, 0.717) is 23.0 Å². The van der Waals surface area contributed by atoms with Crippen molar-refractivity contribution in [2.45, 2.75) is 0 Å². The van der Waals surface area contributed by atoms with Crippen LogP contribution in [-0.2, 0) is 4.79 Å². The molecule has 19 heavy (non-hydrogen) atoms. The summed E-state index contributed by atoms with van der Waals surface area (Å²) in [5.74, 6) is 0.610. The van der Waals surface area contributed by atoms with Gasteiger partial charge in [0.15, 0.2) is 0 Å². The Kier molecular flexibility index (Phi) is 5.01. The van der Waals surface area contributed by atoms with Gasteiger partial charge in [0.05, 0.1) is 24.4 Å². The summed E-state index contributed by atoms with van der Waals surface area (Å²) in [4.78, 5) is 14.1. The molecule has 1 aliphatic heterocycles. The van der Waals surface area contributed by atoms with Crippen molar-refractivity contribution in [1.82, 2.24) is 10.2 Å². The Morgan fingerprint density at radius 2 is 2.21 bits per heavy atom. The highest BCUT2D eigenvalue weighted by Gasteiger charge is 2.14. The van der Waals surface area contributed by atoms with Gasteiger partial charge in [0.1, 0.15) is 5.75 Å². The maximum atomic E-state index is 12.0. The zero-order chi connectivity index (χ0) is 13.7. The van der Waals surface area contributed by atoms with E-state index in [2.05, 4.69) is 15.5 Å². The first-order chi connectivity index (χ1) is 9.19. The number of halogens is 1. The molecule has 0 spiro atoms. The fourth-order valence-corrected chi connectivity index (χ4v) is 2.15. The lowest BCUT2D eigenvalue weighted by Crippen LogP contribution is -2.46. The Balaban J connectivity index is 1.94. The number of rotatable bonds is 4. The molecule has 0 unspecified atom stereocenters. The van der Waals surface area contributed by atoms with Gasteiger partial charge in [-0.1, -0.05) is 11.6 Å². The SMILES string of the molecule is COc1ccc(Cl)c(NC(=O)CN2CCNCC2)c1. The van der Waals surface area contributed by atoms with Crippen molar-refractivity contribution in [3.63, 3.8) is 0 Å². The molecular weight excluding hydrogens is 266 g/mol. The van der Waals surface area contributed by atoms with Crippen LogP contribution >= 0.6 is 11.6 Å². The van der Waals surface area contributed by atoms with Gasteiger partial charge in [-0.3, -0.25) is 9.69 Å². The van der Waals surface area contributed by atoms with Gasteiger partial charge < -0.3 is 15.4 Å². The van der Waals surface area contributed by atoms with E-state index in [9.17, 15) is 4.79 Å². The number of nitrogens with zero attached hydrogens (tertiary/aromatic N) is 1. The van der Waals surface area contributed by atoms with Crippen LogP contribution in [0.25, 0.3) is 0 Å². The third kappa shape index (κ3) is 4.09. The summed E-state index contributed by atoms with van der Waals surface area (Å²) in [6.45, 7) is 4.01. The quantitative estimate of drug-likeness (QED) is 0.872. The lowest BCUT2D eigenvalue weighted by Gasteiger charge is -2.26. The second-order valence-electron chi connectivity index (χ2n) is 4.42. The summed E-state index contributed by atoms with van der Waals surface area (Å²) >= 11 is 6.05. The molecule has 1 saturated heterocycles. The minimum atomic E-state index is -0.0583. The molecule has 1 aliphatic rings. The van der Waals surface area contributed by atoms with Gasteiger partial charge in [-0.05, 0) is 12.1 Å². The van der Waals surface area contributed by atoms with Crippen LogP contribution in [0.1, 0.15) is 0 Å². The number of nitrogens with one attached hydrogen (secondary N) is 2. The maximum absolute atomic E-state index is 12.0. The summed E-state index contributed by atoms with van der Waals surface area (Å²) in [7, 11) is 1.58. The van der Waals surface area contributed by atoms with Crippen LogP contribution in [0.5, 0.6) is 5.75 Å². The van der Waals surface area contributed by atoms with Crippen LogP contribution < -0.4 is 15.4 Å². The van der Waals surface area contributed by atoms with Crippen molar-refractivity contribution < 1.29 is 9.53 Å². The highest BCUT2D eigenvalue weighted by Crippen LogP contribution is 2.26. The predicted octanol–water partition coefficient (Wildman–Crippen LogP) is 1.19. The van der Waals surface area contributed by atoms with Gasteiger partial charge in [0.25, 0.3) is 0 Å². The van der Waals surface area contributed by atoms with Crippen LogP contribution in [0.2, 0.25) is 5.02 Å². The standard InChI is InChI=1S/C13H18ClN3O2/c1-19-10-2-3-11(14)12(8-10)16-13(18)9-17-6-4-15-5-7-17/h2-3,8,15H,4-7,9H2,1H3,(H,16,18). The van der Waals surface area contributed by atoms with E-state index in [0.717, 1.165) is 26.2 Å². The number of anilines is 1. The van der Waals surface area contributed by atoms with E-state index in [1.54, 1.807) is 25.3 Å². The highest BCUT2D eigenvalue weighted by molar-refractivity contribution is 6.33. The molecule has 1 aromatic rings. The molecule has 1 amide bonds. The van der Waals surface area contributed by atoms with E-state index in [1.807, 2.05) is 0 Å². The number of benzene rings is 1. The number of carbonyl (C=O) groups excluding carboxylic acids is 1. The Morgan fingerprint density at radius 1 is 1.47 bits per heavy atom. The summed E-state index contributed by atoms with van der Waals surface area (Å²) in [6.07, 6.45) is 0. The second-order valence-corrected chi connectivity index (χ2v) is 4.83. The fourth-order valence-electron chi connectivity index (χ4n) is 1.99. The lowest BCUT2D eigenvalue weighted by molar-refractivity contribution is -0.117. The molecule has 1 heterocycles. The average Bonchev–Trinajstić information content (AvgIpc) is 2.42. The molecule has 0 atom stereocenters. The number of hydrogen-bond acceptors (Lipinski definition) is 4. The molecule has 0 bridgehead atoms. The molecule has 6 heteroatoms. The van der Waals surface area contributed by atoms with Crippen LogP contribution in [-0.4, -0.2) is 50.6 Å². The molecule has 0 aliphatic carbocycles. The molecule has 0 aromatic heterocycles. The number of methoxy groups -OCH3 is 1. The summed E-state index contributed by atoms with van der Waals surface area (Å²) < 4.78 is 5.11. The molecule has 1 fully saturated rings. The molecule has 1 aromatic carbocycles. The average molecular weight is 284 g/mol. The lowest BCUT2D eigenvalue weighted by atomic mass is 10.3. The number of carbonyl (C=O) groups is 1. The van der Waals surface area contributed by atoms with Crippen LogP contribution in [0.4, 0.5) is 5.69 Å². The van der Waals surface area contributed by atoms with E-state index >= 15 is 0 Å². The third-order valence-electron chi connectivity index (χ3n) is 3.02. The van der Waals surface area contributed by atoms with Crippen LogP contribution in [0, 0.1) is 0 Å². The minimum absolute atomic E-state index is 0.0583. The van der Waals surface area contributed by atoms with E-state index in [-0.39, 0.29) is 5.91 Å². The van der Waals surface area contributed by atoms with Crippen molar-refractivity contribution in [1.29, 1.82) is 0 Å². The smallest absolute Gasteiger partial charge is 0.238 e. The Labute approximate surface area is 117 Å². The van der Waals surface area contributed by atoms with Gasteiger partial charge in [-0.2, -0.15) is 0 Å². The fraction of sp³-hybridized carbons (Fsp3) is 0.462. The normalized spacial score (nSPS) is 16.1. The molecule has 2 rings (SSSR count). The molecule has 0 saturated carbocycles. The molecule has 5 nitrogen and oxygen atoms in total. The van der Waals surface area contributed by atoms with Crippen LogP contribution in [0.15, 0.2) is 18.2 Å². The van der Waals surface area contributed by atoms with Gasteiger partial charge in [0, 0.05) is 32.2 Å². The molecule has 104 valence electrons. The Morgan fingerprint density at radius 3 is 2.89 bits per heavy atom. The minimum Gasteiger partial charge on any atom is -0.497 e. The van der Waals surface area contributed by atoms with Gasteiger partial charge in [-0.15, -0.1) is 0 Å². The number of piperazine rings is 1. The molecule has 2 N–H and O–H groups in total. The largest absolute Gasteiger partial charge is 0.497 e. The number of amides is 1. The second kappa shape index (κ2) is 6.75. The topological polar surface area (TPSA) is 53.6 Å². The third-order valence-corrected chi connectivity index (χ3v) is 3.35. The highest BCUT2D eigenvalue weighted by atomic mass is 35.5. The Hall–Kier alpha value is -1.30. The molecule has 0 radical (unpaired) electrons. The zero-order valence-corrected chi connectivity index (χ0v) is 11.7. The first kappa shape index (κ1) is 14.1. The maximum Gasteiger partial charge on any atom is 0.238 e. The van der Waals surface area contributed by atoms with Gasteiger partial charge in [-0.25, -0.2) is 0 Å². The van der Waals surface area contributed by atoms with E-state index in [1.165, 1.54) is 0 Å². The van der Waals surface area contributed by atoms with Crippen LogP contribution in [0.3, 0.4) is 0 Å². The van der Waals surface area contributed by atoms with Crippen molar-refractivity contribution >= 4 is 23.2 Å². The first-order valence-electron chi connectivity index (χ1n) is 6.25. The summed E-state index contributed by atoms with van der Waals surface area (Å²) in [5, 5.41) is 6.58. The monoisotopic (exact) mass is 283 g/mol. The Bertz CT molecular complexity index is 448. The number of ether oxygens (including phenoxy) is 1. The van der Waals surface area contributed by atoms with Gasteiger partial charge in [0.2, 0.25) is 5.91 Å². The number of hydrogen-bond donors (Lipinski definition) is 2. The van der Waals surface area contributed by atoms with Crippen molar-refractivity contribution in [3.05, 3.63) is 23.2 Å². The first-order valence-corrected chi connectivity index (χ1v) is 6.63. The zero-order valence-electron chi connectivity index (χ0n) is 10.9. The predicted molar refractivity (Wildman–Crippen MR) is 75.9 cm³/mol. The van der Waals surface area contributed by atoms with Crippen molar-refractivity contribution in [2.75, 3.05) is 45.2 Å². The molecular formula is C13H18ClN3O2. The van der Waals surface area contributed by atoms with E-state index in [4.69, 9.17) is 16.3 Å². The van der Waals surface area contributed by atoms with Gasteiger partial charge >= 0.3 is 0 Å². The van der Waals surface area contributed by atoms with Crippen molar-refractivity contribution in [3.8, 4) is 5.75 Å². The summed E-state index contributed by atoms with van der Waals surface area (Å²) in [6, 6.07) is 5.19. The van der Waals surface area contributed by atoms with E-state index < -0.39 is 0 Å².